The molecule has 0 saturated carbocycles. The summed E-state index contributed by atoms with van der Waals surface area (Å²) in [4.78, 5) is 42.0. The SMILES string of the molecule is CCOC(=O)c1ccc(C2CC(CC(=O)c3ccccc3)CN(C(=O)N3CCOCC3)C2)cc1. The number of nitrogens with zero attached hydrogens (tertiary/aromatic N) is 2. The maximum atomic E-state index is 13.3. The van der Waals surface area contributed by atoms with E-state index in [1.54, 1.807) is 19.1 Å². The Hall–Kier alpha value is -3.19. The van der Waals surface area contributed by atoms with Crippen LogP contribution in [0.1, 0.15) is 52.0 Å². The molecule has 34 heavy (non-hydrogen) atoms. The summed E-state index contributed by atoms with van der Waals surface area (Å²) in [5.41, 5.74) is 2.28. The van der Waals surface area contributed by atoms with Crippen LogP contribution in [0.3, 0.4) is 0 Å². The van der Waals surface area contributed by atoms with Gasteiger partial charge in [-0.2, -0.15) is 0 Å². The Morgan fingerprint density at radius 2 is 1.62 bits per heavy atom. The third kappa shape index (κ3) is 5.83. The number of esters is 1. The summed E-state index contributed by atoms with van der Waals surface area (Å²) >= 11 is 0. The first-order chi connectivity index (χ1) is 16.5. The molecule has 2 amide bonds. The van der Waals surface area contributed by atoms with Gasteiger partial charge in [0.1, 0.15) is 0 Å². The molecule has 0 radical (unpaired) electrons. The van der Waals surface area contributed by atoms with Crippen LogP contribution in [0.15, 0.2) is 54.6 Å². The second-order valence-electron chi connectivity index (χ2n) is 8.92. The number of morpholine rings is 1. The molecule has 2 heterocycles. The lowest BCUT2D eigenvalue weighted by Crippen LogP contribution is -2.52. The highest BCUT2D eigenvalue weighted by Gasteiger charge is 2.34. The number of hydrogen-bond donors (Lipinski definition) is 0. The molecule has 2 aromatic carbocycles. The molecular formula is C27H32N2O5. The van der Waals surface area contributed by atoms with Crippen molar-refractivity contribution in [2.45, 2.75) is 25.7 Å². The molecule has 0 spiro atoms. The minimum atomic E-state index is -0.340. The van der Waals surface area contributed by atoms with Gasteiger partial charge in [-0.05, 0) is 37.0 Å². The van der Waals surface area contributed by atoms with Gasteiger partial charge in [0.05, 0.1) is 25.4 Å². The normalized spacial score (nSPS) is 20.6. The van der Waals surface area contributed by atoms with E-state index in [1.165, 1.54) is 0 Å². The van der Waals surface area contributed by atoms with Crippen LogP contribution in [0.4, 0.5) is 4.79 Å². The molecule has 2 atom stereocenters. The fourth-order valence-corrected chi connectivity index (χ4v) is 4.81. The summed E-state index contributed by atoms with van der Waals surface area (Å²) in [7, 11) is 0. The molecule has 2 aliphatic heterocycles. The highest BCUT2D eigenvalue weighted by Crippen LogP contribution is 2.33. The van der Waals surface area contributed by atoms with Gasteiger partial charge < -0.3 is 19.3 Å². The van der Waals surface area contributed by atoms with Crippen molar-refractivity contribution < 1.29 is 23.9 Å². The van der Waals surface area contributed by atoms with Crippen LogP contribution in [0.25, 0.3) is 0 Å². The number of ether oxygens (including phenoxy) is 2. The molecule has 180 valence electrons. The van der Waals surface area contributed by atoms with Crippen molar-refractivity contribution in [1.29, 1.82) is 0 Å². The molecule has 2 aromatic rings. The Kier molecular flexibility index (Phi) is 7.95. The number of carbonyl (C=O) groups excluding carboxylic acids is 3. The summed E-state index contributed by atoms with van der Waals surface area (Å²) in [6.45, 7) is 5.54. The van der Waals surface area contributed by atoms with Gasteiger partial charge in [-0.25, -0.2) is 9.59 Å². The summed E-state index contributed by atoms with van der Waals surface area (Å²) in [6.07, 6.45) is 1.21. The molecule has 2 aliphatic rings. The Bertz CT molecular complexity index is 986. The topological polar surface area (TPSA) is 76.2 Å². The fourth-order valence-electron chi connectivity index (χ4n) is 4.81. The van der Waals surface area contributed by atoms with Gasteiger partial charge in [0.2, 0.25) is 0 Å². The standard InChI is InChI=1S/C27H32N2O5/c1-2-34-26(31)23-10-8-21(9-11-23)24-16-20(17-25(30)22-6-4-3-5-7-22)18-29(19-24)27(32)28-12-14-33-15-13-28/h3-11,20,24H,2,12-19H2,1H3. The molecule has 7 heteroatoms. The molecule has 0 bridgehead atoms. The van der Waals surface area contributed by atoms with E-state index < -0.39 is 0 Å². The number of rotatable bonds is 6. The monoisotopic (exact) mass is 464 g/mol. The summed E-state index contributed by atoms with van der Waals surface area (Å²) in [5, 5.41) is 0. The number of urea groups is 1. The van der Waals surface area contributed by atoms with Crippen LogP contribution in [-0.4, -0.2) is 73.6 Å². The molecule has 4 rings (SSSR count). The number of Topliss-reactive ketones (excluding diaryl/α,β-unsaturated/α-hetero) is 1. The van der Waals surface area contributed by atoms with Gasteiger partial charge in [-0.15, -0.1) is 0 Å². The van der Waals surface area contributed by atoms with Crippen molar-refractivity contribution in [1.82, 2.24) is 9.80 Å². The maximum Gasteiger partial charge on any atom is 0.338 e. The number of benzene rings is 2. The van der Waals surface area contributed by atoms with E-state index in [-0.39, 0.29) is 29.6 Å². The van der Waals surface area contributed by atoms with E-state index in [4.69, 9.17) is 9.47 Å². The Balaban J connectivity index is 1.52. The average molecular weight is 465 g/mol. The first-order valence-corrected chi connectivity index (χ1v) is 12.0. The smallest absolute Gasteiger partial charge is 0.338 e. The Morgan fingerprint density at radius 3 is 2.29 bits per heavy atom. The predicted octanol–water partition coefficient (Wildman–Crippen LogP) is 3.99. The van der Waals surface area contributed by atoms with E-state index in [1.807, 2.05) is 52.3 Å². The molecule has 0 N–H and O–H groups in total. The number of hydrogen-bond acceptors (Lipinski definition) is 5. The molecular weight excluding hydrogens is 432 g/mol. The van der Waals surface area contributed by atoms with Gasteiger partial charge in [0.15, 0.2) is 5.78 Å². The van der Waals surface area contributed by atoms with E-state index >= 15 is 0 Å². The van der Waals surface area contributed by atoms with Crippen molar-refractivity contribution in [3.63, 3.8) is 0 Å². The zero-order valence-corrected chi connectivity index (χ0v) is 19.7. The first kappa shape index (κ1) is 24.0. The van der Waals surface area contributed by atoms with E-state index in [0.717, 1.165) is 12.0 Å². The first-order valence-electron chi connectivity index (χ1n) is 12.0. The molecule has 2 saturated heterocycles. The third-order valence-electron chi connectivity index (χ3n) is 6.55. The van der Waals surface area contributed by atoms with Crippen LogP contribution in [-0.2, 0) is 9.47 Å². The molecule has 7 nitrogen and oxygen atoms in total. The largest absolute Gasteiger partial charge is 0.462 e. The zero-order chi connectivity index (χ0) is 23.9. The van der Waals surface area contributed by atoms with Crippen LogP contribution >= 0.6 is 0 Å². The highest BCUT2D eigenvalue weighted by atomic mass is 16.5. The predicted molar refractivity (Wildman–Crippen MR) is 128 cm³/mol. The summed E-state index contributed by atoms with van der Waals surface area (Å²) < 4.78 is 10.5. The second-order valence-corrected chi connectivity index (χ2v) is 8.92. The minimum Gasteiger partial charge on any atom is -0.462 e. The van der Waals surface area contributed by atoms with Crippen molar-refractivity contribution in [2.75, 3.05) is 46.0 Å². The lowest BCUT2D eigenvalue weighted by Gasteiger charge is -2.41. The van der Waals surface area contributed by atoms with Crippen molar-refractivity contribution >= 4 is 17.8 Å². The van der Waals surface area contributed by atoms with Crippen molar-refractivity contribution in [3.05, 3.63) is 71.3 Å². The highest BCUT2D eigenvalue weighted by molar-refractivity contribution is 5.96. The van der Waals surface area contributed by atoms with Gasteiger partial charge >= 0.3 is 12.0 Å². The van der Waals surface area contributed by atoms with Gasteiger partial charge in [-0.1, -0.05) is 42.5 Å². The minimum absolute atomic E-state index is 0.00769. The maximum absolute atomic E-state index is 13.3. The van der Waals surface area contributed by atoms with Crippen LogP contribution in [0.2, 0.25) is 0 Å². The molecule has 2 fully saturated rings. The van der Waals surface area contributed by atoms with Crippen LogP contribution in [0, 0.1) is 5.92 Å². The lowest BCUT2D eigenvalue weighted by molar-refractivity contribution is 0.0374. The third-order valence-corrected chi connectivity index (χ3v) is 6.55. The summed E-state index contributed by atoms with van der Waals surface area (Å²) in [5.74, 6) is -0.0967. The molecule has 0 aliphatic carbocycles. The number of carbonyl (C=O) groups is 3. The van der Waals surface area contributed by atoms with Crippen LogP contribution in [0.5, 0.6) is 0 Å². The second kappa shape index (κ2) is 11.3. The van der Waals surface area contributed by atoms with Gasteiger partial charge in [0.25, 0.3) is 0 Å². The van der Waals surface area contributed by atoms with E-state index in [0.29, 0.717) is 63.5 Å². The number of piperidine rings is 1. The van der Waals surface area contributed by atoms with Crippen molar-refractivity contribution in [2.24, 2.45) is 5.92 Å². The zero-order valence-electron chi connectivity index (χ0n) is 19.7. The summed E-state index contributed by atoms with van der Waals surface area (Å²) in [6, 6.07) is 16.8. The Morgan fingerprint density at radius 1 is 0.912 bits per heavy atom. The van der Waals surface area contributed by atoms with Crippen molar-refractivity contribution in [3.8, 4) is 0 Å². The molecule has 2 unspecified atom stereocenters. The number of amides is 2. The average Bonchev–Trinajstić information content (AvgIpc) is 2.89. The Labute approximate surface area is 200 Å². The lowest BCUT2D eigenvalue weighted by atomic mass is 9.81. The number of likely N-dealkylation sites (tertiary alicyclic amines) is 1. The van der Waals surface area contributed by atoms with Gasteiger partial charge in [0, 0.05) is 44.1 Å². The van der Waals surface area contributed by atoms with E-state index in [9.17, 15) is 14.4 Å². The van der Waals surface area contributed by atoms with E-state index in [2.05, 4.69) is 0 Å². The quantitative estimate of drug-likeness (QED) is 0.477. The van der Waals surface area contributed by atoms with Gasteiger partial charge in [-0.3, -0.25) is 4.79 Å². The number of ketones is 1. The fraction of sp³-hybridized carbons (Fsp3) is 0.444. The van der Waals surface area contributed by atoms with Crippen LogP contribution < -0.4 is 0 Å². The molecule has 0 aromatic heterocycles.